The minimum absolute atomic E-state index is 0.0879. The SMILES string of the molecule is C[C@H](Cn1cncn1)NC(=O)c1csc2nc(-c3cccc(Cl)c3)cn12. The fourth-order valence-electron chi connectivity index (χ4n) is 2.69. The summed E-state index contributed by atoms with van der Waals surface area (Å²) in [6, 6.07) is 7.41. The van der Waals surface area contributed by atoms with Crippen molar-refractivity contribution in [2.45, 2.75) is 19.5 Å². The van der Waals surface area contributed by atoms with Gasteiger partial charge in [-0.25, -0.2) is 9.97 Å². The Morgan fingerprint density at radius 3 is 3.08 bits per heavy atom. The van der Waals surface area contributed by atoms with E-state index < -0.39 is 0 Å². The van der Waals surface area contributed by atoms with E-state index in [0.29, 0.717) is 17.3 Å². The van der Waals surface area contributed by atoms with Crippen molar-refractivity contribution in [2.75, 3.05) is 0 Å². The highest BCUT2D eigenvalue weighted by atomic mass is 35.5. The Bertz CT molecular complexity index is 1050. The first-order chi connectivity index (χ1) is 12.6. The van der Waals surface area contributed by atoms with Gasteiger partial charge in [-0.2, -0.15) is 5.10 Å². The minimum atomic E-state index is -0.154. The van der Waals surface area contributed by atoms with Crippen molar-refractivity contribution in [2.24, 2.45) is 0 Å². The normalized spacial score (nSPS) is 12.4. The van der Waals surface area contributed by atoms with Gasteiger partial charge in [0.15, 0.2) is 4.96 Å². The quantitative estimate of drug-likeness (QED) is 0.571. The number of amides is 1. The molecule has 0 unspecified atom stereocenters. The number of rotatable bonds is 5. The summed E-state index contributed by atoms with van der Waals surface area (Å²) < 4.78 is 3.49. The topological polar surface area (TPSA) is 77.1 Å². The van der Waals surface area contributed by atoms with Gasteiger partial charge < -0.3 is 5.32 Å². The van der Waals surface area contributed by atoms with Crippen LogP contribution in [0, 0.1) is 0 Å². The number of carbonyl (C=O) groups is 1. The Labute approximate surface area is 158 Å². The van der Waals surface area contributed by atoms with Gasteiger partial charge in [0.05, 0.1) is 12.2 Å². The third kappa shape index (κ3) is 3.33. The van der Waals surface area contributed by atoms with E-state index in [-0.39, 0.29) is 11.9 Å². The van der Waals surface area contributed by atoms with Crippen molar-refractivity contribution in [1.29, 1.82) is 0 Å². The molecule has 0 aliphatic heterocycles. The van der Waals surface area contributed by atoms with Crippen LogP contribution < -0.4 is 5.32 Å². The predicted molar refractivity (Wildman–Crippen MR) is 100 cm³/mol. The number of thiazole rings is 1. The summed E-state index contributed by atoms with van der Waals surface area (Å²) in [5.41, 5.74) is 2.25. The summed E-state index contributed by atoms with van der Waals surface area (Å²) in [6.07, 6.45) is 4.95. The zero-order valence-corrected chi connectivity index (χ0v) is 15.4. The number of aromatic nitrogens is 5. The van der Waals surface area contributed by atoms with E-state index in [0.717, 1.165) is 16.2 Å². The Hall–Kier alpha value is -2.71. The van der Waals surface area contributed by atoms with Gasteiger partial charge in [0.25, 0.3) is 5.91 Å². The number of hydrogen-bond donors (Lipinski definition) is 1. The molecule has 4 aromatic rings. The number of fused-ring (bicyclic) bond motifs is 1. The molecule has 1 aromatic carbocycles. The van der Waals surface area contributed by atoms with E-state index in [9.17, 15) is 4.79 Å². The van der Waals surface area contributed by atoms with Gasteiger partial charge in [0.1, 0.15) is 18.3 Å². The van der Waals surface area contributed by atoms with E-state index in [1.165, 1.54) is 17.7 Å². The number of benzene rings is 1. The zero-order valence-electron chi connectivity index (χ0n) is 13.8. The number of nitrogens with zero attached hydrogens (tertiary/aromatic N) is 5. The van der Waals surface area contributed by atoms with Crippen LogP contribution in [0.2, 0.25) is 5.02 Å². The molecule has 0 aliphatic carbocycles. The first-order valence-corrected chi connectivity index (χ1v) is 9.22. The highest BCUT2D eigenvalue weighted by Crippen LogP contribution is 2.25. The molecule has 0 radical (unpaired) electrons. The summed E-state index contributed by atoms with van der Waals surface area (Å²) in [6.45, 7) is 2.48. The molecule has 0 saturated heterocycles. The van der Waals surface area contributed by atoms with Gasteiger partial charge in [0, 0.05) is 28.2 Å². The van der Waals surface area contributed by atoms with Crippen LogP contribution in [0.5, 0.6) is 0 Å². The van der Waals surface area contributed by atoms with Crippen molar-refractivity contribution in [3.05, 3.63) is 59.2 Å². The standard InChI is InChI=1S/C17H15ClN6OS/c1-11(6-23-10-19-9-20-23)21-16(25)15-8-26-17-22-14(7-24(15)17)12-3-2-4-13(18)5-12/h2-5,7-11H,6H2,1H3,(H,21,25)/t11-/m1/s1. The minimum Gasteiger partial charge on any atom is -0.346 e. The lowest BCUT2D eigenvalue weighted by atomic mass is 10.2. The van der Waals surface area contributed by atoms with Crippen molar-refractivity contribution in [1.82, 2.24) is 29.5 Å². The van der Waals surface area contributed by atoms with Gasteiger partial charge in [-0.3, -0.25) is 13.9 Å². The van der Waals surface area contributed by atoms with E-state index in [4.69, 9.17) is 11.6 Å². The summed E-state index contributed by atoms with van der Waals surface area (Å²) >= 11 is 7.48. The number of carbonyl (C=O) groups excluding carboxylic acids is 1. The molecule has 3 heterocycles. The second kappa shape index (κ2) is 6.89. The highest BCUT2D eigenvalue weighted by Gasteiger charge is 2.17. The van der Waals surface area contributed by atoms with Crippen LogP contribution >= 0.6 is 22.9 Å². The monoisotopic (exact) mass is 386 g/mol. The Morgan fingerprint density at radius 1 is 1.42 bits per heavy atom. The number of imidazole rings is 1. The van der Waals surface area contributed by atoms with Crippen LogP contribution in [-0.4, -0.2) is 36.1 Å². The molecule has 0 spiro atoms. The van der Waals surface area contributed by atoms with E-state index in [2.05, 4.69) is 20.4 Å². The van der Waals surface area contributed by atoms with Crippen molar-refractivity contribution in [3.63, 3.8) is 0 Å². The van der Waals surface area contributed by atoms with Crippen LogP contribution in [0.1, 0.15) is 17.4 Å². The highest BCUT2D eigenvalue weighted by molar-refractivity contribution is 7.15. The third-order valence-corrected chi connectivity index (χ3v) is 4.94. The molecule has 3 aromatic heterocycles. The largest absolute Gasteiger partial charge is 0.346 e. The summed E-state index contributed by atoms with van der Waals surface area (Å²) in [5, 5.41) is 9.49. The smallest absolute Gasteiger partial charge is 0.269 e. The molecule has 1 N–H and O–H groups in total. The molecular weight excluding hydrogens is 372 g/mol. The van der Waals surface area contributed by atoms with Crippen LogP contribution in [-0.2, 0) is 6.54 Å². The summed E-state index contributed by atoms with van der Waals surface area (Å²) in [4.78, 5) is 21.9. The number of halogens is 1. The van der Waals surface area contributed by atoms with Crippen LogP contribution in [0.25, 0.3) is 16.2 Å². The Balaban J connectivity index is 1.55. The van der Waals surface area contributed by atoms with Gasteiger partial charge in [-0.1, -0.05) is 23.7 Å². The van der Waals surface area contributed by atoms with Gasteiger partial charge in [0.2, 0.25) is 0 Å². The molecule has 7 nitrogen and oxygen atoms in total. The van der Waals surface area contributed by atoms with E-state index in [1.54, 1.807) is 15.4 Å². The summed E-state index contributed by atoms with van der Waals surface area (Å²) in [5.74, 6) is -0.154. The van der Waals surface area contributed by atoms with Crippen molar-refractivity contribution >= 4 is 33.8 Å². The first kappa shape index (κ1) is 16.7. The van der Waals surface area contributed by atoms with E-state index >= 15 is 0 Å². The number of hydrogen-bond acceptors (Lipinski definition) is 5. The van der Waals surface area contributed by atoms with Crippen LogP contribution in [0.4, 0.5) is 0 Å². The maximum Gasteiger partial charge on any atom is 0.269 e. The average molecular weight is 387 g/mol. The average Bonchev–Trinajstić information content (AvgIpc) is 3.30. The van der Waals surface area contributed by atoms with Crippen LogP contribution in [0.3, 0.4) is 0 Å². The predicted octanol–water partition coefficient (Wildman–Crippen LogP) is 3.13. The van der Waals surface area contributed by atoms with Gasteiger partial charge in [-0.15, -0.1) is 11.3 Å². The molecule has 0 saturated carbocycles. The van der Waals surface area contributed by atoms with Gasteiger partial charge >= 0.3 is 0 Å². The molecule has 1 atom stereocenters. The lowest BCUT2D eigenvalue weighted by Crippen LogP contribution is -2.36. The second-order valence-corrected chi connectivity index (χ2v) is 7.18. The third-order valence-electron chi connectivity index (χ3n) is 3.87. The molecule has 132 valence electrons. The molecule has 0 fully saturated rings. The second-order valence-electron chi connectivity index (χ2n) is 5.90. The Kier molecular flexibility index (Phi) is 4.44. The van der Waals surface area contributed by atoms with Crippen molar-refractivity contribution < 1.29 is 4.79 Å². The maximum absolute atomic E-state index is 12.6. The fraction of sp³-hybridized carbons (Fsp3) is 0.176. The fourth-order valence-corrected chi connectivity index (χ4v) is 3.73. The van der Waals surface area contributed by atoms with E-state index in [1.807, 2.05) is 42.8 Å². The molecular formula is C17H15ClN6OS. The molecule has 26 heavy (non-hydrogen) atoms. The molecule has 1 amide bonds. The molecule has 9 heteroatoms. The Morgan fingerprint density at radius 2 is 2.31 bits per heavy atom. The summed E-state index contributed by atoms with van der Waals surface area (Å²) in [7, 11) is 0. The molecule has 4 rings (SSSR count). The van der Waals surface area contributed by atoms with Crippen molar-refractivity contribution in [3.8, 4) is 11.3 Å². The zero-order chi connectivity index (χ0) is 18.1. The van der Waals surface area contributed by atoms with Crippen LogP contribution in [0.15, 0.2) is 48.5 Å². The molecule has 0 bridgehead atoms. The van der Waals surface area contributed by atoms with Gasteiger partial charge in [-0.05, 0) is 19.1 Å². The number of nitrogens with one attached hydrogen (secondary N) is 1. The molecule has 0 aliphatic rings. The lowest BCUT2D eigenvalue weighted by Gasteiger charge is -2.13. The maximum atomic E-state index is 12.6. The first-order valence-electron chi connectivity index (χ1n) is 7.96. The lowest BCUT2D eigenvalue weighted by molar-refractivity contribution is 0.0930.